The van der Waals surface area contributed by atoms with Crippen molar-refractivity contribution >= 4 is 39.8 Å². The van der Waals surface area contributed by atoms with Gasteiger partial charge in [0.2, 0.25) is 11.0 Å². The Bertz CT molecular complexity index is 670. The van der Waals surface area contributed by atoms with Crippen molar-refractivity contribution in [2.45, 2.75) is 32.0 Å². The fraction of sp³-hybridized carbons (Fsp3) is 0.438. The van der Waals surface area contributed by atoms with Gasteiger partial charge in [-0.05, 0) is 43.0 Å². The van der Waals surface area contributed by atoms with Gasteiger partial charge in [-0.25, -0.2) is 0 Å². The molecule has 0 saturated heterocycles. The highest BCUT2D eigenvalue weighted by Crippen LogP contribution is 2.25. The Balaban J connectivity index is 1.81. The molecule has 0 radical (unpaired) electrons. The lowest BCUT2D eigenvalue weighted by atomic mass is 10.1. The first kappa shape index (κ1) is 17.7. The summed E-state index contributed by atoms with van der Waals surface area (Å²) in [4.78, 5) is 12.0. The van der Waals surface area contributed by atoms with Crippen molar-refractivity contribution in [1.29, 1.82) is 0 Å². The summed E-state index contributed by atoms with van der Waals surface area (Å²) in [5, 5.41) is 15.1. The highest BCUT2D eigenvalue weighted by Gasteiger charge is 2.09. The summed E-state index contributed by atoms with van der Waals surface area (Å²) in [6, 6.07) is 5.91. The van der Waals surface area contributed by atoms with Crippen LogP contribution in [0.3, 0.4) is 0 Å². The molecule has 1 amide bonds. The number of anilines is 2. The fourth-order valence-corrected chi connectivity index (χ4v) is 3.33. The molecule has 0 saturated carbocycles. The third-order valence-electron chi connectivity index (χ3n) is 3.19. The largest absolute Gasteiger partial charge is 0.360 e. The highest BCUT2D eigenvalue weighted by atomic mass is 32.2. The number of amides is 1. The highest BCUT2D eigenvalue weighted by molar-refractivity contribution is 8.01. The van der Waals surface area contributed by atoms with E-state index in [1.807, 2.05) is 25.1 Å². The lowest BCUT2D eigenvalue weighted by Gasteiger charge is -2.06. The quantitative estimate of drug-likeness (QED) is 0.740. The van der Waals surface area contributed by atoms with Crippen LogP contribution in [-0.4, -0.2) is 28.4 Å². The number of carbonyl (C=O) groups is 1. The lowest BCUT2D eigenvalue weighted by Crippen LogP contribution is -2.14. The summed E-state index contributed by atoms with van der Waals surface area (Å²) in [6.07, 6.45) is 0. The Morgan fingerprint density at radius 2 is 2.04 bits per heavy atom. The average Bonchev–Trinajstić information content (AvgIpc) is 2.95. The van der Waals surface area contributed by atoms with E-state index in [4.69, 9.17) is 0 Å². The smallest absolute Gasteiger partial charge is 0.234 e. The lowest BCUT2D eigenvalue weighted by molar-refractivity contribution is -0.113. The Labute approximate surface area is 145 Å². The molecule has 23 heavy (non-hydrogen) atoms. The number of carbonyl (C=O) groups excluding carboxylic acids is 1. The summed E-state index contributed by atoms with van der Waals surface area (Å²) >= 11 is 2.88. The SMILES string of the molecule is Cc1ccc(NC(=O)CSc2nnc(NCC(C)C)s2)cc1C. The molecule has 1 heterocycles. The summed E-state index contributed by atoms with van der Waals surface area (Å²) in [5.74, 6) is 0.843. The Kier molecular flexibility index (Phi) is 6.41. The second-order valence-electron chi connectivity index (χ2n) is 5.78. The first-order valence-electron chi connectivity index (χ1n) is 7.51. The zero-order chi connectivity index (χ0) is 16.8. The third kappa shape index (κ3) is 5.84. The standard InChI is InChI=1S/C16H22N4OS2/c1-10(2)8-17-15-19-20-16(23-15)22-9-14(21)18-13-6-5-11(3)12(4)7-13/h5-7,10H,8-9H2,1-4H3,(H,17,19)(H,18,21). The van der Waals surface area contributed by atoms with Crippen LogP contribution in [-0.2, 0) is 4.79 Å². The van der Waals surface area contributed by atoms with Crippen molar-refractivity contribution in [3.63, 3.8) is 0 Å². The number of aryl methyl sites for hydroxylation is 2. The van der Waals surface area contributed by atoms with Gasteiger partial charge in [0.25, 0.3) is 0 Å². The topological polar surface area (TPSA) is 66.9 Å². The molecule has 5 nitrogen and oxygen atoms in total. The van der Waals surface area contributed by atoms with Gasteiger partial charge in [0.05, 0.1) is 5.75 Å². The molecule has 2 rings (SSSR count). The van der Waals surface area contributed by atoms with E-state index in [-0.39, 0.29) is 5.91 Å². The maximum atomic E-state index is 12.0. The molecule has 0 atom stereocenters. The molecule has 2 N–H and O–H groups in total. The first-order valence-corrected chi connectivity index (χ1v) is 9.31. The maximum Gasteiger partial charge on any atom is 0.234 e. The van der Waals surface area contributed by atoms with Crippen molar-refractivity contribution in [1.82, 2.24) is 10.2 Å². The number of benzene rings is 1. The van der Waals surface area contributed by atoms with Gasteiger partial charge in [0, 0.05) is 12.2 Å². The average molecular weight is 351 g/mol. The molecule has 1 aromatic heterocycles. The van der Waals surface area contributed by atoms with Gasteiger partial charge >= 0.3 is 0 Å². The van der Waals surface area contributed by atoms with Gasteiger partial charge < -0.3 is 10.6 Å². The maximum absolute atomic E-state index is 12.0. The normalized spacial score (nSPS) is 10.8. The van der Waals surface area contributed by atoms with Crippen LogP contribution in [0.1, 0.15) is 25.0 Å². The van der Waals surface area contributed by atoms with E-state index in [0.29, 0.717) is 11.7 Å². The van der Waals surface area contributed by atoms with Crippen molar-refractivity contribution in [2.75, 3.05) is 22.9 Å². The third-order valence-corrected chi connectivity index (χ3v) is 5.20. The minimum atomic E-state index is -0.0369. The number of nitrogens with one attached hydrogen (secondary N) is 2. The zero-order valence-electron chi connectivity index (χ0n) is 13.8. The van der Waals surface area contributed by atoms with Crippen LogP contribution in [0.15, 0.2) is 22.5 Å². The number of nitrogens with zero attached hydrogens (tertiary/aromatic N) is 2. The van der Waals surface area contributed by atoms with E-state index < -0.39 is 0 Å². The van der Waals surface area contributed by atoms with Crippen LogP contribution in [0.25, 0.3) is 0 Å². The van der Waals surface area contributed by atoms with Gasteiger partial charge in [-0.15, -0.1) is 10.2 Å². The monoisotopic (exact) mass is 350 g/mol. The van der Waals surface area contributed by atoms with E-state index in [1.54, 1.807) is 0 Å². The van der Waals surface area contributed by atoms with Crippen LogP contribution in [0, 0.1) is 19.8 Å². The number of aromatic nitrogens is 2. The minimum Gasteiger partial charge on any atom is -0.360 e. The number of hydrogen-bond donors (Lipinski definition) is 2. The van der Waals surface area contributed by atoms with E-state index in [9.17, 15) is 4.79 Å². The Morgan fingerprint density at radius 1 is 1.26 bits per heavy atom. The van der Waals surface area contributed by atoms with Crippen LogP contribution in [0.4, 0.5) is 10.8 Å². The minimum absolute atomic E-state index is 0.0369. The number of thioether (sulfide) groups is 1. The second kappa shape index (κ2) is 8.31. The molecule has 0 aliphatic rings. The molecule has 7 heteroatoms. The molecular weight excluding hydrogens is 328 g/mol. The van der Waals surface area contributed by atoms with E-state index in [0.717, 1.165) is 21.7 Å². The molecular formula is C16H22N4OS2. The molecule has 0 unspecified atom stereocenters. The van der Waals surface area contributed by atoms with E-state index >= 15 is 0 Å². The molecule has 0 fully saturated rings. The van der Waals surface area contributed by atoms with Crippen molar-refractivity contribution < 1.29 is 4.79 Å². The Hall–Kier alpha value is -1.60. The van der Waals surface area contributed by atoms with Gasteiger partial charge in [-0.2, -0.15) is 0 Å². The van der Waals surface area contributed by atoms with Gasteiger partial charge in [0.1, 0.15) is 0 Å². The second-order valence-corrected chi connectivity index (χ2v) is 7.98. The van der Waals surface area contributed by atoms with E-state index in [1.165, 1.54) is 34.2 Å². The van der Waals surface area contributed by atoms with Crippen molar-refractivity contribution in [3.8, 4) is 0 Å². The van der Waals surface area contributed by atoms with Crippen LogP contribution in [0.5, 0.6) is 0 Å². The molecule has 2 aromatic rings. The molecule has 0 aliphatic heterocycles. The Morgan fingerprint density at radius 3 is 2.74 bits per heavy atom. The number of hydrogen-bond acceptors (Lipinski definition) is 6. The molecule has 0 spiro atoms. The van der Waals surface area contributed by atoms with E-state index in [2.05, 4.69) is 41.6 Å². The molecule has 1 aromatic carbocycles. The summed E-state index contributed by atoms with van der Waals surface area (Å²) in [5.41, 5.74) is 3.21. The molecule has 0 aliphatic carbocycles. The van der Waals surface area contributed by atoms with Gasteiger partial charge in [-0.1, -0.05) is 43.0 Å². The van der Waals surface area contributed by atoms with Crippen LogP contribution < -0.4 is 10.6 Å². The predicted molar refractivity (Wildman–Crippen MR) is 98.5 cm³/mol. The van der Waals surface area contributed by atoms with Crippen molar-refractivity contribution in [2.24, 2.45) is 5.92 Å². The zero-order valence-corrected chi connectivity index (χ0v) is 15.5. The van der Waals surface area contributed by atoms with Crippen LogP contribution >= 0.6 is 23.1 Å². The number of rotatable bonds is 7. The molecule has 124 valence electrons. The van der Waals surface area contributed by atoms with Crippen LogP contribution in [0.2, 0.25) is 0 Å². The van der Waals surface area contributed by atoms with Gasteiger partial charge in [-0.3, -0.25) is 4.79 Å². The predicted octanol–water partition coefficient (Wildman–Crippen LogP) is 3.95. The molecule has 0 bridgehead atoms. The van der Waals surface area contributed by atoms with Gasteiger partial charge in [0.15, 0.2) is 4.34 Å². The summed E-state index contributed by atoms with van der Waals surface area (Å²) in [7, 11) is 0. The van der Waals surface area contributed by atoms with Crippen molar-refractivity contribution in [3.05, 3.63) is 29.3 Å². The summed E-state index contributed by atoms with van der Waals surface area (Å²) in [6.45, 7) is 9.23. The first-order chi connectivity index (χ1) is 10.9. The fourth-order valence-electron chi connectivity index (χ4n) is 1.77. The summed E-state index contributed by atoms with van der Waals surface area (Å²) < 4.78 is 0.798.